The summed E-state index contributed by atoms with van der Waals surface area (Å²) in [5.74, 6) is 0.871. The van der Waals surface area contributed by atoms with E-state index in [-0.39, 0.29) is 11.5 Å². The van der Waals surface area contributed by atoms with Crippen molar-refractivity contribution in [2.75, 3.05) is 6.61 Å². The van der Waals surface area contributed by atoms with Crippen molar-refractivity contribution in [2.24, 2.45) is 0 Å². The van der Waals surface area contributed by atoms with E-state index in [0.29, 0.717) is 0 Å². The smallest absolute Gasteiger partial charge is 0.209 e. The van der Waals surface area contributed by atoms with Crippen LogP contribution < -0.4 is 0 Å². The summed E-state index contributed by atoms with van der Waals surface area (Å²) >= 11 is 1.67. The van der Waals surface area contributed by atoms with E-state index >= 15 is 0 Å². The minimum atomic E-state index is 0.192. The Morgan fingerprint density at radius 1 is 1.26 bits per heavy atom. The van der Waals surface area contributed by atoms with Crippen LogP contribution in [0.15, 0.2) is 29.4 Å². The van der Waals surface area contributed by atoms with Crippen LogP contribution in [0.3, 0.4) is 0 Å². The lowest BCUT2D eigenvalue weighted by Gasteiger charge is -2.19. The molecule has 124 valence electrons. The Hall–Kier alpha value is -1.40. The van der Waals surface area contributed by atoms with E-state index in [0.717, 1.165) is 36.9 Å². The molecule has 2 aromatic rings. The molecule has 0 N–H and O–H groups in total. The largest absolute Gasteiger partial charge is 0.376 e. The lowest BCUT2D eigenvalue weighted by molar-refractivity contribution is 0.0912. The zero-order chi connectivity index (χ0) is 16.3. The first-order valence-corrected chi connectivity index (χ1v) is 9.11. The molecule has 1 aliphatic heterocycles. The second kappa shape index (κ2) is 7.01. The van der Waals surface area contributed by atoms with Gasteiger partial charge in [0.15, 0.2) is 0 Å². The first-order valence-electron chi connectivity index (χ1n) is 8.12. The van der Waals surface area contributed by atoms with E-state index in [1.807, 2.05) is 4.68 Å². The highest BCUT2D eigenvalue weighted by molar-refractivity contribution is 7.98. The number of ether oxygens (including phenoxy) is 1. The van der Waals surface area contributed by atoms with Crippen LogP contribution in [0, 0.1) is 0 Å². The standard InChI is InChI=1S/C17H24N4OS/c1-17(2,3)14-8-6-13(7-9-14)12-23-16-18-19-20-21(16)11-15-5-4-10-22-15/h6-9,15H,4-5,10-12H2,1-3H3. The fourth-order valence-corrected chi connectivity index (χ4v) is 3.49. The zero-order valence-electron chi connectivity index (χ0n) is 14.0. The Balaban J connectivity index is 1.59. The lowest BCUT2D eigenvalue weighted by Crippen LogP contribution is -2.16. The highest BCUT2D eigenvalue weighted by atomic mass is 32.2. The van der Waals surface area contributed by atoms with Crippen LogP contribution in [0.4, 0.5) is 0 Å². The van der Waals surface area contributed by atoms with Gasteiger partial charge < -0.3 is 4.74 Å². The Bertz CT molecular complexity index is 627. The van der Waals surface area contributed by atoms with Gasteiger partial charge in [0.1, 0.15) is 0 Å². The molecule has 1 saturated heterocycles. The SMILES string of the molecule is CC(C)(C)c1ccc(CSc2nnnn2CC2CCCO2)cc1. The van der Waals surface area contributed by atoms with Gasteiger partial charge in [-0.3, -0.25) is 0 Å². The van der Waals surface area contributed by atoms with E-state index < -0.39 is 0 Å². The van der Waals surface area contributed by atoms with Gasteiger partial charge >= 0.3 is 0 Å². The Labute approximate surface area is 141 Å². The van der Waals surface area contributed by atoms with E-state index in [2.05, 4.69) is 60.6 Å². The van der Waals surface area contributed by atoms with Gasteiger partial charge in [0.25, 0.3) is 0 Å². The molecule has 1 aliphatic rings. The molecule has 0 aliphatic carbocycles. The third kappa shape index (κ3) is 4.32. The molecule has 0 bridgehead atoms. The molecule has 0 saturated carbocycles. The summed E-state index contributed by atoms with van der Waals surface area (Å²) in [4.78, 5) is 0. The molecule has 0 radical (unpaired) electrons. The molecular formula is C17H24N4OS. The normalized spacial score (nSPS) is 18.5. The van der Waals surface area contributed by atoms with Gasteiger partial charge in [0.2, 0.25) is 5.16 Å². The van der Waals surface area contributed by atoms with E-state index in [1.54, 1.807) is 11.8 Å². The Morgan fingerprint density at radius 3 is 2.70 bits per heavy atom. The van der Waals surface area contributed by atoms with Crippen LogP contribution in [0.5, 0.6) is 0 Å². The van der Waals surface area contributed by atoms with E-state index in [1.165, 1.54) is 11.1 Å². The molecule has 1 fully saturated rings. The predicted octanol–water partition coefficient (Wildman–Crippen LogP) is 3.44. The van der Waals surface area contributed by atoms with Crippen molar-refractivity contribution in [1.29, 1.82) is 0 Å². The lowest BCUT2D eigenvalue weighted by atomic mass is 9.87. The first-order chi connectivity index (χ1) is 11.0. The summed E-state index contributed by atoms with van der Waals surface area (Å²) < 4.78 is 7.53. The van der Waals surface area contributed by atoms with Crippen LogP contribution in [0.25, 0.3) is 0 Å². The predicted molar refractivity (Wildman–Crippen MR) is 91.5 cm³/mol. The molecule has 0 spiro atoms. The fourth-order valence-electron chi connectivity index (χ4n) is 2.64. The second-order valence-corrected chi connectivity index (χ2v) is 7.96. The van der Waals surface area contributed by atoms with Gasteiger partial charge in [-0.05, 0) is 39.8 Å². The first kappa shape index (κ1) is 16.5. The number of aromatic nitrogens is 4. The van der Waals surface area contributed by atoms with Gasteiger partial charge in [-0.25, -0.2) is 4.68 Å². The average Bonchev–Trinajstić information content (AvgIpc) is 3.17. The maximum atomic E-state index is 5.66. The molecule has 23 heavy (non-hydrogen) atoms. The van der Waals surface area contributed by atoms with Crippen molar-refractivity contribution in [3.8, 4) is 0 Å². The van der Waals surface area contributed by atoms with E-state index in [4.69, 9.17) is 4.74 Å². The van der Waals surface area contributed by atoms with Crippen LogP contribution in [0.1, 0.15) is 44.7 Å². The van der Waals surface area contributed by atoms with Gasteiger partial charge in [0, 0.05) is 12.4 Å². The molecule has 1 aromatic heterocycles. The van der Waals surface area contributed by atoms with Gasteiger partial charge in [-0.15, -0.1) is 5.10 Å². The topological polar surface area (TPSA) is 52.8 Å². The number of rotatable bonds is 5. The maximum absolute atomic E-state index is 5.66. The van der Waals surface area contributed by atoms with Crippen LogP contribution >= 0.6 is 11.8 Å². The highest BCUT2D eigenvalue weighted by Crippen LogP contribution is 2.25. The third-order valence-corrected chi connectivity index (χ3v) is 5.12. The summed E-state index contributed by atoms with van der Waals surface area (Å²) in [6.45, 7) is 8.30. The number of tetrazole rings is 1. The minimum Gasteiger partial charge on any atom is -0.376 e. The van der Waals surface area contributed by atoms with Crippen LogP contribution in [0.2, 0.25) is 0 Å². The highest BCUT2D eigenvalue weighted by Gasteiger charge is 2.19. The minimum absolute atomic E-state index is 0.192. The van der Waals surface area contributed by atoms with Gasteiger partial charge in [0.05, 0.1) is 12.6 Å². The quantitative estimate of drug-likeness (QED) is 0.785. The number of hydrogen-bond donors (Lipinski definition) is 0. The van der Waals surface area contributed by atoms with E-state index in [9.17, 15) is 0 Å². The molecule has 0 amide bonds. The van der Waals surface area contributed by atoms with Gasteiger partial charge in [-0.1, -0.05) is 56.8 Å². The molecule has 5 nitrogen and oxygen atoms in total. The summed E-state index contributed by atoms with van der Waals surface area (Å²) in [5.41, 5.74) is 2.83. The number of thioether (sulfide) groups is 1. The maximum Gasteiger partial charge on any atom is 0.209 e. The number of benzene rings is 1. The third-order valence-electron chi connectivity index (χ3n) is 4.09. The number of hydrogen-bond acceptors (Lipinski definition) is 5. The second-order valence-electron chi connectivity index (χ2n) is 7.01. The molecule has 2 heterocycles. The molecule has 6 heteroatoms. The summed E-state index contributed by atoms with van der Waals surface area (Å²) in [6.07, 6.45) is 2.48. The molecular weight excluding hydrogens is 308 g/mol. The summed E-state index contributed by atoms with van der Waals surface area (Å²) in [6, 6.07) is 8.82. The van der Waals surface area contributed by atoms with Crippen molar-refractivity contribution >= 4 is 11.8 Å². The summed E-state index contributed by atoms with van der Waals surface area (Å²) in [5, 5.41) is 12.9. The Morgan fingerprint density at radius 2 is 2.04 bits per heavy atom. The summed E-state index contributed by atoms with van der Waals surface area (Å²) in [7, 11) is 0. The Kier molecular flexibility index (Phi) is 5.02. The average molecular weight is 332 g/mol. The van der Waals surface area contributed by atoms with Gasteiger partial charge in [-0.2, -0.15) is 0 Å². The van der Waals surface area contributed by atoms with Crippen molar-refractivity contribution in [3.63, 3.8) is 0 Å². The molecule has 3 rings (SSSR count). The van der Waals surface area contributed by atoms with Crippen LogP contribution in [-0.4, -0.2) is 32.9 Å². The number of nitrogens with zero attached hydrogens (tertiary/aromatic N) is 4. The fraction of sp³-hybridized carbons (Fsp3) is 0.588. The molecule has 1 atom stereocenters. The van der Waals surface area contributed by atoms with Crippen molar-refractivity contribution < 1.29 is 4.74 Å². The van der Waals surface area contributed by atoms with Crippen molar-refractivity contribution in [1.82, 2.24) is 20.2 Å². The van der Waals surface area contributed by atoms with Crippen molar-refractivity contribution in [2.45, 2.75) is 62.6 Å². The zero-order valence-corrected chi connectivity index (χ0v) is 14.8. The monoisotopic (exact) mass is 332 g/mol. The van der Waals surface area contributed by atoms with Crippen molar-refractivity contribution in [3.05, 3.63) is 35.4 Å². The molecule has 1 aromatic carbocycles. The molecule has 1 unspecified atom stereocenters. The van der Waals surface area contributed by atoms with Crippen LogP contribution in [-0.2, 0) is 22.4 Å².